The van der Waals surface area contributed by atoms with E-state index in [2.05, 4.69) is 12.2 Å². The van der Waals surface area contributed by atoms with E-state index in [-0.39, 0.29) is 6.04 Å². The molecule has 0 aliphatic carbocycles. The van der Waals surface area contributed by atoms with Crippen molar-refractivity contribution < 1.29 is 8.42 Å². The van der Waals surface area contributed by atoms with E-state index in [9.17, 15) is 8.42 Å². The minimum Gasteiger partial charge on any atom is -0.384 e. The largest absolute Gasteiger partial charge is 0.384 e. The van der Waals surface area contributed by atoms with Crippen molar-refractivity contribution in [3.05, 3.63) is 23.8 Å². The van der Waals surface area contributed by atoms with E-state index in [4.69, 9.17) is 0 Å². The minimum atomic E-state index is -3.40. The first kappa shape index (κ1) is 16.3. The van der Waals surface area contributed by atoms with E-state index in [0.717, 1.165) is 43.5 Å². The van der Waals surface area contributed by atoms with E-state index in [1.165, 1.54) is 0 Å². The summed E-state index contributed by atoms with van der Waals surface area (Å²) < 4.78 is 27.6. The Hall–Kier alpha value is -1.07. The van der Waals surface area contributed by atoms with Gasteiger partial charge in [-0.2, -0.15) is 4.31 Å². The third-order valence-corrected chi connectivity index (χ3v) is 6.22. The number of hydrogen-bond donors (Lipinski definition) is 1. The van der Waals surface area contributed by atoms with Crippen LogP contribution in [0.25, 0.3) is 0 Å². The van der Waals surface area contributed by atoms with Crippen LogP contribution in [0.15, 0.2) is 23.1 Å². The summed E-state index contributed by atoms with van der Waals surface area (Å²) in [6, 6.07) is 5.50. The SMILES string of the molecule is CCCCN(C(C)CC)S(=O)(=O)c1ccc2c(c1)CCN2. The first-order valence-corrected chi connectivity index (χ1v) is 9.33. The second-order valence-electron chi connectivity index (χ2n) is 5.72. The first-order valence-electron chi connectivity index (χ1n) is 7.89. The topological polar surface area (TPSA) is 49.4 Å². The third kappa shape index (κ3) is 3.40. The molecule has 1 aliphatic heterocycles. The lowest BCUT2D eigenvalue weighted by Crippen LogP contribution is -2.39. The van der Waals surface area contributed by atoms with Crippen LogP contribution in [0.5, 0.6) is 0 Å². The molecule has 1 aromatic carbocycles. The molecule has 0 fully saturated rings. The molecule has 1 atom stereocenters. The van der Waals surface area contributed by atoms with E-state index >= 15 is 0 Å². The summed E-state index contributed by atoms with van der Waals surface area (Å²) in [5.41, 5.74) is 2.17. The zero-order chi connectivity index (χ0) is 15.5. The number of nitrogens with zero attached hydrogens (tertiary/aromatic N) is 1. The monoisotopic (exact) mass is 310 g/mol. The summed E-state index contributed by atoms with van der Waals surface area (Å²) in [5, 5.41) is 3.27. The molecule has 0 aromatic heterocycles. The van der Waals surface area contributed by atoms with Gasteiger partial charge in [0.05, 0.1) is 4.90 Å². The summed E-state index contributed by atoms with van der Waals surface area (Å²) in [7, 11) is -3.40. The van der Waals surface area contributed by atoms with Gasteiger partial charge in [0.1, 0.15) is 0 Å². The zero-order valence-electron chi connectivity index (χ0n) is 13.2. The lowest BCUT2D eigenvalue weighted by atomic mass is 10.2. The molecule has 0 spiro atoms. The van der Waals surface area contributed by atoms with E-state index in [1.807, 2.05) is 26.0 Å². The van der Waals surface area contributed by atoms with Crippen molar-refractivity contribution in [3.8, 4) is 0 Å². The Kier molecular flexibility index (Phi) is 5.27. The maximum Gasteiger partial charge on any atom is 0.243 e. The van der Waals surface area contributed by atoms with Crippen LogP contribution < -0.4 is 5.32 Å². The molecular formula is C16H26N2O2S. The summed E-state index contributed by atoms with van der Waals surface area (Å²) in [6.07, 6.45) is 3.62. The Morgan fingerprint density at radius 3 is 2.76 bits per heavy atom. The lowest BCUT2D eigenvalue weighted by Gasteiger charge is -2.27. The van der Waals surface area contributed by atoms with E-state index in [1.54, 1.807) is 10.4 Å². The first-order chi connectivity index (χ1) is 10.0. The number of fused-ring (bicyclic) bond motifs is 1. The van der Waals surface area contributed by atoms with E-state index in [0.29, 0.717) is 11.4 Å². The number of benzene rings is 1. The highest BCUT2D eigenvalue weighted by molar-refractivity contribution is 7.89. The van der Waals surface area contributed by atoms with Crippen molar-refractivity contribution in [2.75, 3.05) is 18.4 Å². The Morgan fingerprint density at radius 2 is 2.10 bits per heavy atom. The van der Waals surface area contributed by atoms with Crippen molar-refractivity contribution in [3.63, 3.8) is 0 Å². The highest BCUT2D eigenvalue weighted by Gasteiger charge is 2.28. The average molecular weight is 310 g/mol. The molecule has 0 saturated carbocycles. The molecule has 0 radical (unpaired) electrons. The van der Waals surface area contributed by atoms with Gasteiger partial charge < -0.3 is 5.32 Å². The van der Waals surface area contributed by atoms with Gasteiger partial charge in [-0.05, 0) is 49.9 Å². The quantitative estimate of drug-likeness (QED) is 0.841. The predicted octanol–water partition coefficient (Wildman–Crippen LogP) is 3.24. The Bertz CT molecular complexity index is 584. The summed E-state index contributed by atoms with van der Waals surface area (Å²) in [4.78, 5) is 0.432. The number of nitrogens with one attached hydrogen (secondary N) is 1. The summed E-state index contributed by atoms with van der Waals surface area (Å²) in [6.45, 7) is 7.60. The third-order valence-electron chi connectivity index (χ3n) is 4.21. The number of sulfonamides is 1. The molecule has 5 heteroatoms. The molecule has 21 heavy (non-hydrogen) atoms. The highest BCUT2D eigenvalue weighted by atomic mass is 32.2. The molecule has 2 rings (SSSR count). The van der Waals surface area contributed by atoms with Crippen LogP contribution in [0.2, 0.25) is 0 Å². The van der Waals surface area contributed by atoms with Crippen molar-refractivity contribution in [2.24, 2.45) is 0 Å². The molecule has 1 unspecified atom stereocenters. The van der Waals surface area contributed by atoms with Gasteiger partial charge in [-0.15, -0.1) is 0 Å². The van der Waals surface area contributed by atoms with Crippen molar-refractivity contribution in [2.45, 2.75) is 57.4 Å². The molecule has 1 aromatic rings. The fourth-order valence-corrected chi connectivity index (χ4v) is 4.47. The van der Waals surface area contributed by atoms with E-state index < -0.39 is 10.0 Å². The van der Waals surface area contributed by atoms with Gasteiger partial charge in [0.15, 0.2) is 0 Å². The standard InChI is InChI=1S/C16H26N2O2S/c1-4-6-11-18(13(3)5-2)21(19,20)15-7-8-16-14(12-15)9-10-17-16/h7-8,12-13,17H,4-6,9-11H2,1-3H3. The molecule has 118 valence electrons. The van der Waals surface area contributed by atoms with Gasteiger partial charge in [0, 0.05) is 24.8 Å². The fraction of sp³-hybridized carbons (Fsp3) is 0.625. The molecule has 1 aliphatic rings. The molecule has 0 amide bonds. The van der Waals surface area contributed by atoms with Crippen LogP contribution in [0.4, 0.5) is 5.69 Å². The smallest absolute Gasteiger partial charge is 0.243 e. The number of rotatable bonds is 7. The minimum absolute atomic E-state index is 0.0351. The Morgan fingerprint density at radius 1 is 1.33 bits per heavy atom. The Labute approximate surface area is 128 Å². The van der Waals surface area contributed by atoms with Crippen LogP contribution in [-0.4, -0.2) is 31.9 Å². The average Bonchev–Trinajstić information content (AvgIpc) is 2.94. The van der Waals surface area contributed by atoms with Gasteiger partial charge >= 0.3 is 0 Å². The normalized spacial score (nSPS) is 15.8. The summed E-state index contributed by atoms with van der Waals surface area (Å²) >= 11 is 0. The number of anilines is 1. The second-order valence-corrected chi connectivity index (χ2v) is 7.61. The molecule has 0 saturated heterocycles. The zero-order valence-corrected chi connectivity index (χ0v) is 14.0. The fourth-order valence-electron chi connectivity index (χ4n) is 2.67. The number of hydrogen-bond acceptors (Lipinski definition) is 3. The van der Waals surface area contributed by atoms with Crippen LogP contribution >= 0.6 is 0 Å². The van der Waals surface area contributed by atoms with Gasteiger partial charge in [-0.25, -0.2) is 8.42 Å². The van der Waals surface area contributed by atoms with Crippen molar-refractivity contribution in [1.82, 2.24) is 4.31 Å². The molecule has 4 nitrogen and oxygen atoms in total. The second kappa shape index (κ2) is 6.79. The van der Waals surface area contributed by atoms with Crippen LogP contribution in [0, 0.1) is 0 Å². The lowest BCUT2D eigenvalue weighted by molar-refractivity contribution is 0.324. The van der Waals surface area contributed by atoms with Crippen LogP contribution in [0.1, 0.15) is 45.6 Å². The molecule has 0 bridgehead atoms. The predicted molar refractivity (Wildman–Crippen MR) is 87.2 cm³/mol. The van der Waals surface area contributed by atoms with Gasteiger partial charge in [-0.1, -0.05) is 20.3 Å². The number of unbranched alkanes of at least 4 members (excludes halogenated alkanes) is 1. The summed E-state index contributed by atoms with van der Waals surface area (Å²) in [5.74, 6) is 0. The van der Waals surface area contributed by atoms with Gasteiger partial charge in [0.25, 0.3) is 0 Å². The Balaban J connectivity index is 2.33. The van der Waals surface area contributed by atoms with Crippen molar-refractivity contribution >= 4 is 15.7 Å². The van der Waals surface area contributed by atoms with Gasteiger partial charge in [-0.3, -0.25) is 0 Å². The maximum absolute atomic E-state index is 12.9. The van der Waals surface area contributed by atoms with Crippen LogP contribution in [0.3, 0.4) is 0 Å². The van der Waals surface area contributed by atoms with Crippen LogP contribution in [-0.2, 0) is 16.4 Å². The molecular weight excluding hydrogens is 284 g/mol. The van der Waals surface area contributed by atoms with Crippen molar-refractivity contribution in [1.29, 1.82) is 0 Å². The molecule has 1 heterocycles. The molecule has 1 N–H and O–H groups in total. The highest BCUT2D eigenvalue weighted by Crippen LogP contribution is 2.28. The van der Waals surface area contributed by atoms with Gasteiger partial charge in [0.2, 0.25) is 10.0 Å². The maximum atomic E-state index is 12.9.